The predicted octanol–water partition coefficient (Wildman–Crippen LogP) is 2.92. The maximum Gasteiger partial charge on any atom is 0.127 e. The van der Waals surface area contributed by atoms with Crippen LogP contribution in [0.15, 0.2) is 18.2 Å². The molecule has 0 heterocycles. The van der Waals surface area contributed by atoms with E-state index in [1.54, 1.807) is 6.92 Å². The van der Waals surface area contributed by atoms with E-state index in [-0.39, 0.29) is 28.0 Å². The summed E-state index contributed by atoms with van der Waals surface area (Å²) in [5.74, 6) is -0.269. The molecule has 3 nitrogen and oxygen atoms in total. The maximum atomic E-state index is 9.65. The number of aryl methyl sites for hydroxylation is 1. The Kier molecular flexibility index (Phi) is 2.12. The van der Waals surface area contributed by atoms with E-state index in [2.05, 4.69) is 0 Å². The van der Waals surface area contributed by atoms with Gasteiger partial charge < -0.3 is 15.3 Å². The molecule has 0 unspecified atom stereocenters. The van der Waals surface area contributed by atoms with Gasteiger partial charge in [0.2, 0.25) is 0 Å². The van der Waals surface area contributed by atoms with Crippen molar-refractivity contribution in [3.8, 4) is 17.2 Å². The van der Waals surface area contributed by atoms with E-state index in [0.717, 1.165) is 0 Å². The van der Waals surface area contributed by atoms with E-state index in [1.165, 1.54) is 18.2 Å². The SMILES string of the molecule is Cc1cc(O)c2c(O)ccc(O)c2c1Cl. The van der Waals surface area contributed by atoms with E-state index in [1.807, 2.05) is 0 Å². The van der Waals surface area contributed by atoms with Crippen LogP contribution in [0.3, 0.4) is 0 Å². The quantitative estimate of drug-likeness (QED) is 0.603. The summed E-state index contributed by atoms with van der Waals surface area (Å²) in [6.07, 6.45) is 0. The Balaban J connectivity index is 3.08. The largest absolute Gasteiger partial charge is 0.507 e. The molecule has 0 aliphatic rings. The topological polar surface area (TPSA) is 60.7 Å². The molecule has 0 saturated heterocycles. The van der Waals surface area contributed by atoms with Crippen LogP contribution in [0.4, 0.5) is 0 Å². The lowest BCUT2D eigenvalue weighted by atomic mass is 10.0. The molecule has 2 rings (SSSR count). The molecule has 0 spiro atoms. The van der Waals surface area contributed by atoms with Crippen molar-refractivity contribution in [3.05, 3.63) is 28.8 Å². The number of fused-ring (bicyclic) bond motifs is 1. The Morgan fingerprint density at radius 3 is 2.07 bits per heavy atom. The van der Waals surface area contributed by atoms with Crippen LogP contribution in [0.25, 0.3) is 10.8 Å². The van der Waals surface area contributed by atoms with Crippen molar-refractivity contribution >= 4 is 22.4 Å². The Morgan fingerprint density at radius 1 is 0.933 bits per heavy atom. The molecule has 0 fully saturated rings. The van der Waals surface area contributed by atoms with Gasteiger partial charge in [-0.25, -0.2) is 0 Å². The van der Waals surface area contributed by atoms with E-state index in [0.29, 0.717) is 10.6 Å². The molecule has 0 aromatic heterocycles. The average molecular weight is 225 g/mol. The molecule has 0 aliphatic carbocycles. The van der Waals surface area contributed by atoms with Crippen molar-refractivity contribution in [2.45, 2.75) is 6.92 Å². The second kappa shape index (κ2) is 3.21. The minimum atomic E-state index is -0.109. The average Bonchev–Trinajstić information content (AvgIpc) is 2.18. The molecule has 2 aromatic rings. The second-order valence-corrected chi connectivity index (χ2v) is 3.76. The Labute approximate surface area is 91.2 Å². The van der Waals surface area contributed by atoms with Gasteiger partial charge in [-0.2, -0.15) is 0 Å². The second-order valence-electron chi connectivity index (χ2n) is 3.38. The standard InChI is InChI=1S/C11H9ClO3/c1-5-4-8(15)9-6(13)2-3-7(14)10(9)11(5)12/h2-4,13-15H,1H3. The van der Waals surface area contributed by atoms with Gasteiger partial charge in [-0.05, 0) is 30.7 Å². The van der Waals surface area contributed by atoms with Crippen LogP contribution in [0.2, 0.25) is 5.02 Å². The highest BCUT2D eigenvalue weighted by molar-refractivity contribution is 6.37. The highest BCUT2D eigenvalue weighted by Gasteiger charge is 2.14. The molecule has 0 radical (unpaired) electrons. The van der Waals surface area contributed by atoms with E-state index in [4.69, 9.17) is 11.6 Å². The summed E-state index contributed by atoms with van der Waals surface area (Å²) in [7, 11) is 0. The fraction of sp³-hybridized carbons (Fsp3) is 0.0909. The van der Waals surface area contributed by atoms with Crippen molar-refractivity contribution in [1.82, 2.24) is 0 Å². The fourth-order valence-electron chi connectivity index (χ4n) is 1.60. The molecule has 0 bridgehead atoms. The third-order valence-corrected chi connectivity index (χ3v) is 2.82. The first-order valence-corrected chi connectivity index (χ1v) is 4.73. The number of hydrogen-bond donors (Lipinski definition) is 3. The normalized spacial score (nSPS) is 10.8. The zero-order valence-electron chi connectivity index (χ0n) is 7.95. The summed E-state index contributed by atoms with van der Waals surface area (Å²) in [6, 6.07) is 4.09. The molecule has 0 amide bonds. The minimum Gasteiger partial charge on any atom is -0.507 e. The maximum absolute atomic E-state index is 9.65. The number of hydrogen-bond acceptors (Lipinski definition) is 3. The third-order valence-electron chi connectivity index (χ3n) is 2.34. The number of benzene rings is 2. The van der Waals surface area contributed by atoms with Gasteiger partial charge in [0.25, 0.3) is 0 Å². The van der Waals surface area contributed by atoms with Gasteiger partial charge in [-0.3, -0.25) is 0 Å². The Bertz CT molecular complexity index is 549. The number of halogens is 1. The van der Waals surface area contributed by atoms with E-state index >= 15 is 0 Å². The molecule has 2 aromatic carbocycles. The first-order chi connectivity index (χ1) is 7.02. The van der Waals surface area contributed by atoms with Crippen molar-refractivity contribution in [2.24, 2.45) is 0 Å². The Morgan fingerprint density at radius 2 is 1.47 bits per heavy atom. The van der Waals surface area contributed by atoms with Crippen LogP contribution in [-0.2, 0) is 0 Å². The predicted molar refractivity (Wildman–Crippen MR) is 58.7 cm³/mol. The van der Waals surface area contributed by atoms with E-state index in [9.17, 15) is 15.3 Å². The van der Waals surface area contributed by atoms with Crippen LogP contribution >= 0.6 is 11.6 Å². The molecule has 0 aliphatic heterocycles. The van der Waals surface area contributed by atoms with Gasteiger partial charge in [0, 0.05) is 5.39 Å². The van der Waals surface area contributed by atoms with Gasteiger partial charge in [0.15, 0.2) is 0 Å². The smallest absolute Gasteiger partial charge is 0.127 e. The summed E-state index contributed by atoms with van der Waals surface area (Å²) < 4.78 is 0. The molecular formula is C11H9ClO3. The lowest BCUT2D eigenvalue weighted by Gasteiger charge is -2.09. The lowest BCUT2D eigenvalue weighted by molar-refractivity contribution is 0.457. The molecular weight excluding hydrogens is 216 g/mol. The summed E-state index contributed by atoms with van der Waals surface area (Å²) in [5, 5.41) is 29.6. The van der Waals surface area contributed by atoms with Crippen LogP contribution in [0, 0.1) is 6.92 Å². The number of rotatable bonds is 0. The van der Waals surface area contributed by atoms with Crippen LogP contribution in [-0.4, -0.2) is 15.3 Å². The van der Waals surface area contributed by atoms with Gasteiger partial charge in [0.1, 0.15) is 17.2 Å². The minimum absolute atomic E-state index is 0.0631. The zero-order valence-corrected chi connectivity index (χ0v) is 8.71. The first-order valence-electron chi connectivity index (χ1n) is 4.35. The number of phenolic OH excluding ortho intramolecular Hbond substituents is 3. The van der Waals surface area contributed by atoms with Gasteiger partial charge in [0.05, 0.1) is 10.4 Å². The highest BCUT2D eigenvalue weighted by Crippen LogP contribution is 2.43. The van der Waals surface area contributed by atoms with Crippen molar-refractivity contribution < 1.29 is 15.3 Å². The van der Waals surface area contributed by atoms with Crippen molar-refractivity contribution in [2.75, 3.05) is 0 Å². The van der Waals surface area contributed by atoms with E-state index < -0.39 is 0 Å². The molecule has 15 heavy (non-hydrogen) atoms. The molecule has 4 heteroatoms. The highest BCUT2D eigenvalue weighted by atomic mass is 35.5. The Hall–Kier alpha value is -1.61. The first kappa shape index (κ1) is 9.93. The number of aromatic hydroxyl groups is 3. The lowest BCUT2D eigenvalue weighted by Crippen LogP contribution is -1.83. The van der Waals surface area contributed by atoms with Crippen molar-refractivity contribution in [1.29, 1.82) is 0 Å². The van der Waals surface area contributed by atoms with Crippen LogP contribution in [0.5, 0.6) is 17.2 Å². The zero-order chi connectivity index (χ0) is 11.2. The van der Waals surface area contributed by atoms with Gasteiger partial charge in [-0.1, -0.05) is 11.6 Å². The summed E-state index contributed by atoms with van der Waals surface area (Å²) in [4.78, 5) is 0. The monoisotopic (exact) mass is 224 g/mol. The van der Waals surface area contributed by atoms with Crippen LogP contribution in [0.1, 0.15) is 5.56 Å². The van der Waals surface area contributed by atoms with Crippen LogP contribution < -0.4 is 0 Å². The summed E-state index contributed by atoms with van der Waals surface area (Å²) >= 11 is 5.99. The van der Waals surface area contributed by atoms with Gasteiger partial charge >= 0.3 is 0 Å². The van der Waals surface area contributed by atoms with Gasteiger partial charge in [-0.15, -0.1) is 0 Å². The number of phenols is 3. The molecule has 3 N–H and O–H groups in total. The van der Waals surface area contributed by atoms with Crippen molar-refractivity contribution in [3.63, 3.8) is 0 Å². The molecule has 78 valence electrons. The molecule has 0 atom stereocenters. The fourth-order valence-corrected chi connectivity index (χ4v) is 1.85. The summed E-state index contributed by atoms with van der Waals surface area (Å²) in [6.45, 7) is 1.71. The molecule has 0 saturated carbocycles. The summed E-state index contributed by atoms with van der Waals surface area (Å²) in [5.41, 5.74) is 0.641. The third kappa shape index (κ3) is 1.36.